The molecular formula is C22H22Br2N4O4. The number of hydrogen-bond donors (Lipinski definition) is 0. The van der Waals surface area contributed by atoms with Crippen molar-refractivity contribution in [1.82, 2.24) is 9.66 Å². The highest BCUT2D eigenvalue weighted by Gasteiger charge is 2.22. The van der Waals surface area contributed by atoms with Crippen molar-refractivity contribution in [2.45, 2.75) is 46.1 Å². The van der Waals surface area contributed by atoms with Crippen LogP contribution in [0.25, 0.3) is 10.9 Å². The molecule has 0 spiro atoms. The molecule has 32 heavy (non-hydrogen) atoms. The highest BCUT2D eigenvalue weighted by atomic mass is 79.9. The molecule has 0 saturated carbocycles. The summed E-state index contributed by atoms with van der Waals surface area (Å²) in [7, 11) is 0. The Balaban J connectivity index is 2.20. The van der Waals surface area contributed by atoms with Gasteiger partial charge in [-0.25, -0.2) is 4.98 Å². The molecule has 0 bridgehead atoms. The number of nitro groups is 1. The molecule has 0 unspecified atom stereocenters. The molecule has 3 aromatic rings. The lowest BCUT2D eigenvalue weighted by molar-refractivity contribution is -0.386. The van der Waals surface area contributed by atoms with Crippen molar-refractivity contribution < 1.29 is 9.66 Å². The van der Waals surface area contributed by atoms with Crippen molar-refractivity contribution in [3.63, 3.8) is 0 Å². The minimum Gasteiger partial charge on any atom is -0.483 e. The third-order valence-corrected chi connectivity index (χ3v) is 5.77. The third kappa shape index (κ3) is 5.24. The SMILES string of the molecule is CCCc1nc2ccc(Br)cc2c(=O)n1N=Cc1cc(Br)cc([N+](=O)[O-])c1O[C@@H](C)CC. The first kappa shape index (κ1) is 24.1. The molecule has 0 aliphatic rings. The first-order valence-electron chi connectivity index (χ1n) is 10.1. The van der Waals surface area contributed by atoms with Gasteiger partial charge in [0.1, 0.15) is 5.82 Å². The molecule has 0 fully saturated rings. The van der Waals surface area contributed by atoms with Crippen LogP contribution in [0.3, 0.4) is 0 Å². The summed E-state index contributed by atoms with van der Waals surface area (Å²) in [6, 6.07) is 8.37. The van der Waals surface area contributed by atoms with E-state index in [2.05, 4.69) is 41.9 Å². The number of halogens is 2. The van der Waals surface area contributed by atoms with E-state index in [1.807, 2.05) is 26.8 Å². The molecule has 168 valence electrons. The zero-order valence-corrected chi connectivity index (χ0v) is 21.0. The van der Waals surface area contributed by atoms with E-state index in [9.17, 15) is 14.9 Å². The molecule has 0 radical (unpaired) electrons. The van der Waals surface area contributed by atoms with Crippen molar-refractivity contribution in [2.75, 3.05) is 0 Å². The van der Waals surface area contributed by atoms with Gasteiger partial charge in [0.05, 0.1) is 28.1 Å². The normalized spacial score (nSPS) is 12.4. The van der Waals surface area contributed by atoms with Gasteiger partial charge in [-0.15, -0.1) is 0 Å². The fourth-order valence-electron chi connectivity index (χ4n) is 3.06. The Morgan fingerprint density at radius 3 is 2.66 bits per heavy atom. The van der Waals surface area contributed by atoms with Crippen LogP contribution in [0.5, 0.6) is 5.75 Å². The van der Waals surface area contributed by atoms with Gasteiger partial charge in [0, 0.05) is 27.0 Å². The zero-order chi connectivity index (χ0) is 23.4. The molecule has 3 rings (SSSR count). The summed E-state index contributed by atoms with van der Waals surface area (Å²) in [6.07, 6.45) is 3.16. The van der Waals surface area contributed by atoms with Crippen molar-refractivity contribution >= 4 is 54.7 Å². The second-order valence-electron chi connectivity index (χ2n) is 7.24. The lowest BCUT2D eigenvalue weighted by atomic mass is 10.2. The monoisotopic (exact) mass is 564 g/mol. The maximum absolute atomic E-state index is 13.2. The summed E-state index contributed by atoms with van der Waals surface area (Å²) < 4.78 is 8.37. The van der Waals surface area contributed by atoms with Gasteiger partial charge >= 0.3 is 5.69 Å². The molecule has 8 nitrogen and oxygen atoms in total. The molecule has 0 aliphatic heterocycles. The fraction of sp³-hybridized carbons (Fsp3) is 0.318. The number of aryl methyl sites for hydroxylation is 1. The zero-order valence-electron chi connectivity index (χ0n) is 17.8. The second-order valence-corrected chi connectivity index (χ2v) is 9.07. The highest BCUT2D eigenvalue weighted by molar-refractivity contribution is 9.10. The number of benzene rings is 2. The van der Waals surface area contributed by atoms with Gasteiger partial charge in [0.25, 0.3) is 5.56 Å². The van der Waals surface area contributed by atoms with E-state index in [4.69, 9.17) is 4.74 Å². The fourth-order valence-corrected chi connectivity index (χ4v) is 3.89. The Kier molecular flexibility index (Phi) is 7.78. The first-order chi connectivity index (χ1) is 15.2. The van der Waals surface area contributed by atoms with E-state index < -0.39 is 4.92 Å². The van der Waals surface area contributed by atoms with Crippen LogP contribution in [0.1, 0.15) is 45.0 Å². The Labute approximate surface area is 201 Å². The first-order valence-corrected chi connectivity index (χ1v) is 11.7. The van der Waals surface area contributed by atoms with Crippen LogP contribution in [0.15, 0.2) is 49.2 Å². The third-order valence-electron chi connectivity index (χ3n) is 4.81. The Hall–Kier alpha value is -2.59. The molecule has 0 aliphatic carbocycles. The van der Waals surface area contributed by atoms with E-state index in [1.54, 1.807) is 18.2 Å². The molecule has 10 heteroatoms. The number of rotatable bonds is 8. The maximum Gasteiger partial charge on any atom is 0.312 e. The van der Waals surface area contributed by atoms with Crippen molar-refractivity contribution in [3.05, 3.63) is 71.1 Å². The summed E-state index contributed by atoms with van der Waals surface area (Å²) >= 11 is 6.70. The van der Waals surface area contributed by atoms with E-state index in [0.29, 0.717) is 39.6 Å². The molecule has 2 aromatic carbocycles. The van der Waals surface area contributed by atoms with Gasteiger partial charge in [-0.3, -0.25) is 14.9 Å². The van der Waals surface area contributed by atoms with Crippen molar-refractivity contribution in [1.29, 1.82) is 0 Å². The summed E-state index contributed by atoms with van der Waals surface area (Å²) in [5.41, 5.74) is 0.481. The molecule has 1 heterocycles. The smallest absolute Gasteiger partial charge is 0.312 e. The number of nitro benzene ring substituents is 1. The van der Waals surface area contributed by atoms with Crippen molar-refractivity contribution in [2.24, 2.45) is 5.10 Å². The summed E-state index contributed by atoms with van der Waals surface area (Å²) in [4.78, 5) is 28.9. The molecule has 0 saturated heterocycles. The van der Waals surface area contributed by atoms with Crippen LogP contribution in [0.2, 0.25) is 0 Å². The van der Waals surface area contributed by atoms with E-state index >= 15 is 0 Å². The topological polar surface area (TPSA) is 99.6 Å². The van der Waals surface area contributed by atoms with E-state index in [-0.39, 0.29) is 23.1 Å². The molecule has 0 amide bonds. The summed E-state index contributed by atoms with van der Waals surface area (Å²) in [5.74, 6) is 0.621. The average molecular weight is 566 g/mol. The predicted octanol–water partition coefficient (Wildman–Crippen LogP) is 5.84. The van der Waals surface area contributed by atoms with Gasteiger partial charge in [-0.1, -0.05) is 45.7 Å². The van der Waals surface area contributed by atoms with Crippen LogP contribution in [0.4, 0.5) is 5.69 Å². The van der Waals surface area contributed by atoms with Crippen LogP contribution < -0.4 is 10.3 Å². The lowest BCUT2D eigenvalue weighted by Gasteiger charge is -2.15. The second kappa shape index (κ2) is 10.4. The minimum atomic E-state index is -0.496. The van der Waals surface area contributed by atoms with Crippen LogP contribution in [0, 0.1) is 10.1 Å². The maximum atomic E-state index is 13.2. The Morgan fingerprint density at radius 2 is 2.00 bits per heavy atom. The lowest BCUT2D eigenvalue weighted by Crippen LogP contribution is -2.22. The van der Waals surface area contributed by atoms with E-state index in [1.165, 1.54) is 17.0 Å². The van der Waals surface area contributed by atoms with Gasteiger partial charge < -0.3 is 4.74 Å². The standard InChI is InChI=1S/C22H22Br2N4O4/c1-4-6-20-26-18-8-7-15(23)10-17(18)22(29)27(20)25-12-14-9-16(24)11-19(28(30)31)21(14)32-13(3)5-2/h7-13H,4-6H2,1-3H3/t13-/m0/s1. The molecule has 1 atom stereocenters. The number of aromatic nitrogens is 2. The van der Waals surface area contributed by atoms with Gasteiger partial charge in [-0.2, -0.15) is 9.78 Å². The van der Waals surface area contributed by atoms with Gasteiger partial charge in [-0.05, 0) is 44.0 Å². The average Bonchev–Trinajstić information content (AvgIpc) is 2.75. The van der Waals surface area contributed by atoms with Crippen LogP contribution in [-0.2, 0) is 6.42 Å². The number of fused-ring (bicyclic) bond motifs is 1. The molecule has 1 aromatic heterocycles. The van der Waals surface area contributed by atoms with Gasteiger partial charge in [0.2, 0.25) is 5.75 Å². The van der Waals surface area contributed by atoms with Crippen molar-refractivity contribution in [3.8, 4) is 5.75 Å². The van der Waals surface area contributed by atoms with Gasteiger partial charge in [0.15, 0.2) is 0 Å². The van der Waals surface area contributed by atoms with E-state index in [0.717, 1.165) is 10.9 Å². The Morgan fingerprint density at radius 1 is 1.25 bits per heavy atom. The van der Waals surface area contributed by atoms with Crippen LogP contribution in [-0.4, -0.2) is 26.9 Å². The molecular weight excluding hydrogens is 544 g/mol. The highest BCUT2D eigenvalue weighted by Crippen LogP contribution is 2.35. The number of ether oxygens (including phenoxy) is 1. The quantitative estimate of drug-likeness (QED) is 0.194. The summed E-state index contributed by atoms with van der Waals surface area (Å²) in [6.45, 7) is 5.75. The largest absolute Gasteiger partial charge is 0.483 e. The van der Waals surface area contributed by atoms with Crippen LogP contribution >= 0.6 is 31.9 Å². The number of hydrogen-bond acceptors (Lipinski definition) is 6. The minimum absolute atomic E-state index is 0.109. The molecule has 0 N–H and O–H groups in total. The predicted molar refractivity (Wildman–Crippen MR) is 132 cm³/mol. The number of nitrogens with zero attached hydrogens (tertiary/aromatic N) is 4. The summed E-state index contributed by atoms with van der Waals surface area (Å²) in [5, 5.41) is 16.4. The Bertz CT molecular complexity index is 1260.